The van der Waals surface area contributed by atoms with Crippen LogP contribution in [0.2, 0.25) is 0 Å². The van der Waals surface area contributed by atoms with E-state index in [-0.39, 0.29) is 28.4 Å². The molecule has 0 aliphatic rings. The summed E-state index contributed by atoms with van der Waals surface area (Å²) < 4.78 is 45.3. The molecule has 0 saturated carbocycles. The Morgan fingerprint density at radius 3 is 2.50 bits per heavy atom. The van der Waals surface area contributed by atoms with Crippen LogP contribution in [0.15, 0.2) is 41.3 Å². The van der Waals surface area contributed by atoms with Crippen molar-refractivity contribution in [3.63, 3.8) is 0 Å². The maximum absolute atomic E-state index is 13.9. The highest BCUT2D eigenvalue weighted by Gasteiger charge is 2.22. The Hall–Kier alpha value is -2.43. The van der Waals surface area contributed by atoms with E-state index in [0.717, 1.165) is 15.9 Å². The average Bonchev–Trinajstić information content (AvgIpc) is 2.54. The lowest BCUT2D eigenvalue weighted by molar-refractivity contribution is 0.291. The highest BCUT2D eigenvalue weighted by Crippen LogP contribution is 2.28. The van der Waals surface area contributed by atoms with Crippen LogP contribution in [0.3, 0.4) is 0 Å². The molecule has 7 heteroatoms. The molecule has 24 heavy (non-hydrogen) atoms. The second kappa shape index (κ2) is 6.99. The molecular formula is C17H17FN2O3S. The fourth-order valence-electron chi connectivity index (χ4n) is 2.02. The number of benzene rings is 2. The second-order valence-corrected chi connectivity index (χ2v) is 7.56. The van der Waals surface area contributed by atoms with Crippen LogP contribution in [0.1, 0.15) is 16.7 Å². The maximum atomic E-state index is 13.9. The molecule has 0 aliphatic carbocycles. The number of ether oxygens (including phenoxy) is 1. The maximum Gasteiger partial charge on any atom is 0.246 e. The lowest BCUT2D eigenvalue weighted by Crippen LogP contribution is -2.23. The minimum Gasteiger partial charge on any atom is -0.487 e. The Morgan fingerprint density at radius 1 is 1.21 bits per heavy atom. The van der Waals surface area contributed by atoms with E-state index in [0.29, 0.717) is 0 Å². The predicted molar refractivity (Wildman–Crippen MR) is 87.5 cm³/mol. The first kappa shape index (κ1) is 17.9. The van der Waals surface area contributed by atoms with Gasteiger partial charge in [-0.05, 0) is 36.8 Å². The Bertz CT molecular complexity index is 903. The molecule has 0 amide bonds. The third-order valence-electron chi connectivity index (χ3n) is 3.42. The van der Waals surface area contributed by atoms with Crippen LogP contribution in [-0.4, -0.2) is 26.8 Å². The molecule has 0 aromatic heterocycles. The van der Waals surface area contributed by atoms with E-state index in [1.807, 2.05) is 6.07 Å². The smallest absolute Gasteiger partial charge is 0.246 e. The molecule has 2 aromatic carbocycles. The van der Waals surface area contributed by atoms with Crippen molar-refractivity contribution in [2.24, 2.45) is 0 Å². The number of hydrogen-bond acceptors (Lipinski definition) is 4. The monoisotopic (exact) mass is 348 g/mol. The van der Waals surface area contributed by atoms with Crippen molar-refractivity contribution in [1.82, 2.24) is 4.31 Å². The van der Waals surface area contributed by atoms with E-state index >= 15 is 0 Å². The van der Waals surface area contributed by atoms with E-state index < -0.39 is 15.8 Å². The number of hydrogen-bond donors (Lipinski definition) is 0. The molecule has 0 aliphatic heterocycles. The Morgan fingerprint density at radius 2 is 1.92 bits per heavy atom. The van der Waals surface area contributed by atoms with Gasteiger partial charge in [0.05, 0.1) is 11.6 Å². The molecule has 0 heterocycles. The highest BCUT2D eigenvalue weighted by atomic mass is 32.2. The topological polar surface area (TPSA) is 70.4 Å². The van der Waals surface area contributed by atoms with Gasteiger partial charge >= 0.3 is 0 Å². The summed E-state index contributed by atoms with van der Waals surface area (Å²) in [6.45, 7) is 1.63. The third-order valence-corrected chi connectivity index (χ3v) is 5.26. The molecule has 0 atom stereocenters. The summed E-state index contributed by atoms with van der Waals surface area (Å²) >= 11 is 0. The van der Waals surface area contributed by atoms with Crippen molar-refractivity contribution in [3.05, 3.63) is 58.9 Å². The van der Waals surface area contributed by atoms with Crippen molar-refractivity contribution in [2.75, 3.05) is 14.1 Å². The van der Waals surface area contributed by atoms with E-state index in [1.54, 1.807) is 19.1 Å². The first-order valence-corrected chi connectivity index (χ1v) is 8.54. The Kier molecular flexibility index (Phi) is 5.22. The summed E-state index contributed by atoms with van der Waals surface area (Å²) in [5.41, 5.74) is 1.22. The van der Waals surface area contributed by atoms with Gasteiger partial charge in [-0.2, -0.15) is 5.26 Å². The molecule has 0 fully saturated rings. The van der Waals surface area contributed by atoms with Crippen LogP contribution in [-0.2, 0) is 16.6 Å². The van der Waals surface area contributed by atoms with Crippen LogP contribution in [0.5, 0.6) is 5.75 Å². The summed E-state index contributed by atoms with van der Waals surface area (Å²) in [6.07, 6.45) is 0. The SMILES string of the molecule is Cc1ccc(OCc2ccc(C#N)cc2F)c(S(=O)(=O)N(C)C)c1. The van der Waals surface area contributed by atoms with Gasteiger partial charge in [-0.1, -0.05) is 12.1 Å². The normalized spacial score (nSPS) is 11.3. The molecule has 2 aromatic rings. The lowest BCUT2D eigenvalue weighted by atomic mass is 10.1. The standard InChI is InChI=1S/C17H17FN2O3S/c1-12-4-7-16(17(8-12)24(21,22)20(2)3)23-11-14-6-5-13(10-19)9-15(14)18/h4-9H,11H2,1-3H3. The fraction of sp³-hybridized carbons (Fsp3) is 0.235. The largest absolute Gasteiger partial charge is 0.487 e. The van der Waals surface area contributed by atoms with E-state index in [1.165, 1.54) is 32.3 Å². The molecule has 5 nitrogen and oxygen atoms in total. The van der Waals surface area contributed by atoms with Crippen molar-refractivity contribution in [1.29, 1.82) is 5.26 Å². The molecule has 126 valence electrons. The molecule has 0 saturated heterocycles. The zero-order valence-electron chi connectivity index (χ0n) is 13.6. The average molecular weight is 348 g/mol. The van der Waals surface area contributed by atoms with E-state index in [2.05, 4.69) is 0 Å². The van der Waals surface area contributed by atoms with E-state index in [4.69, 9.17) is 10.00 Å². The first-order chi connectivity index (χ1) is 11.3. The number of nitriles is 1. The molecule has 0 radical (unpaired) electrons. The number of aryl methyl sites for hydroxylation is 1. The highest BCUT2D eigenvalue weighted by molar-refractivity contribution is 7.89. The van der Waals surface area contributed by atoms with Gasteiger partial charge in [0.2, 0.25) is 10.0 Å². The minimum absolute atomic E-state index is 0.0292. The molecule has 0 bridgehead atoms. The van der Waals surface area contributed by atoms with Crippen LogP contribution >= 0.6 is 0 Å². The first-order valence-electron chi connectivity index (χ1n) is 7.10. The van der Waals surface area contributed by atoms with Gasteiger partial charge in [-0.15, -0.1) is 0 Å². The van der Waals surface area contributed by atoms with Crippen molar-refractivity contribution >= 4 is 10.0 Å². The summed E-state index contributed by atoms with van der Waals surface area (Å²) in [5.74, 6) is -0.420. The van der Waals surface area contributed by atoms with Crippen LogP contribution < -0.4 is 4.74 Å². The number of rotatable bonds is 5. The summed E-state index contributed by atoms with van der Waals surface area (Å²) in [5, 5.41) is 8.75. The molecular weight excluding hydrogens is 331 g/mol. The van der Waals surface area contributed by atoms with Crippen molar-refractivity contribution < 1.29 is 17.5 Å². The van der Waals surface area contributed by atoms with Crippen molar-refractivity contribution in [2.45, 2.75) is 18.4 Å². The minimum atomic E-state index is -3.68. The number of sulfonamides is 1. The quantitative estimate of drug-likeness (QED) is 0.833. The van der Waals surface area contributed by atoms with Crippen molar-refractivity contribution in [3.8, 4) is 11.8 Å². The van der Waals surface area contributed by atoms with Gasteiger partial charge in [0.25, 0.3) is 0 Å². The number of nitrogens with zero attached hydrogens (tertiary/aromatic N) is 2. The van der Waals surface area contributed by atoms with Gasteiger partial charge in [-0.3, -0.25) is 0 Å². The second-order valence-electron chi connectivity index (χ2n) is 5.44. The van der Waals surface area contributed by atoms with Gasteiger partial charge in [-0.25, -0.2) is 17.1 Å². The number of halogens is 1. The molecule has 0 spiro atoms. The zero-order valence-corrected chi connectivity index (χ0v) is 14.4. The molecule has 0 N–H and O–H groups in total. The fourth-order valence-corrected chi connectivity index (χ4v) is 3.13. The lowest BCUT2D eigenvalue weighted by Gasteiger charge is -2.16. The van der Waals surface area contributed by atoms with Gasteiger partial charge < -0.3 is 4.74 Å². The van der Waals surface area contributed by atoms with E-state index in [9.17, 15) is 12.8 Å². The van der Waals surface area contributed by atoms with Gasteiger partial charge in [0.15, 0.2) is 0 Å². The Labute approximate surface area is 141 Å². The van der Waals surface area contributed by atoms with Gasteiger partial charge in [0, 0.05) is 19.7 Å². The summed E-state index contributed by atoms with van der Waals surface area (Å²) in [7, 11) is -0.819. The Balaban J connectivity index is 2.33. The molecule has 0 unspecified atom stereocenters. The zero-order chi connectivity index (χ0) is 17.9. The summed E-state index contributed by atoms with van der Waals surface area (Å²) in [4.78, 5) is 0.0292. The van der Waals surface area contributed by atoms with Crippen LogP contribution in [0.4, 0.5) is 4.39 Å². The summed E-state index contributed by atoms with van der Waals surface area (Å²) in [6, 6.07) is 10.7. The van der Waals surface area contributed by atoms with Crippen LogP contribution in [0.25, 0.3) is 0 Å². The third kappa shape index (κ3) is 3.72. The molecule has 2 rings (SSSR count). The van der Waals surface area contributed by atoms with Crippen LogP contribution in [0, 0.1) is 24.1 Å². The van der Waals surface area contributed by atoms with Gasteiger partial charge in [0.1, 0.15) is 23.1 Å². The predicted octanol–water partition coefficient (Wildman–Crippen LogP) is 2.84.